The van der Waals surface area contributed by atoms with Crippen LogP contribution in [-0.2, 0) is 0 Å². The number of aliphatic hydroxyl groups excluding tert-OH is 1. The van der Waals surface area contributed by atoms with E-state index >= 15 is 0 Å². The molecule has 0 spiro atoms. The summed E-state index contributed by atoms with van der Waals surface area (Å²) in [5.74, 6) is 0.743. The highest BCUT2D eigenvalue weighted by Crippen LogP contribution is 2.35. The second-order valence-corrected chi connectivity index (χ2v) is 7.39. The van der Waals surface area contributed by atoms with E-state index in [4.69, 9.17) is 28.9 Å². The van der Waals surface area contributed by atoms with Gasteiger partial charge in [0.15, 0.2) is 0 Å². The summed E-state index contributed by atoms with van der Waals surface area (Å²) in [5.41, 5.74) is 8.20. The van der Waals surface area contributed by atoms with Crippen molar-refractivity contribution in [3.05, 3.63) is 34.4 Å². The molecule has 0 amide bonds. The van der Waals surface area contributed by atoms with Gasteiger partial charge >= 0.3 is 0 Å². The van der Waals surface area contributed by atoms with Crippen LogP contribution in [0.25, 0.3) is 22.4 Å². The number of aliphatic hydroxyl groups is 1. The van der Waals surface area contributed by atoms with Crippen LogP contribution in [0.5, 0.6) is 0 Å². The lowest BCUT2D eigenvalue weighted by Gasteiger charge is -2.38. The van der Waals surface area contributed by atoms with Gasteiger partial charge in [-0.05, 0) is 18.9 Å². The van der Waals surface area contributed by atoms with Crippen LogP contribution in [-0.4, -0.2) is 50.5 Å². The van der Waals surface area contributed by atoms with Crippen LogP contribution in [0.2, 0.25) is 10.0 Å². The Bertz CT molecular complexity index is 952. The van der Waals surface area contributed by atoms with E-state index in [1.807, 2.05) is 12.1 Å². The molecule has 1 saturated heterocycles. The zero-order valence-electron chi connectivity index (χ0n) is 13.9. The molecule has 1 aromatic carbocycles. The fourth-order valence-corrected chi connectivity index (χ4v) is 3.56. The smallest absolute Gasteiger partial charge is 0.202 e. The number of nitrogens with two attached hydrogens (primary N) is 1. The Morgan fingerprint density at radius 3 is 2.77 bits per heavy atom. The number of anilines is 1. The minimum Gasteiger partial charge on any atom is -0.394 e. The van der Waals surface area contributed by atoms with E-state index in [1.165, 1.54) is 0 Å². The highest BCUT2D eigenvalue weighted by Gasteiger charge is 2.30. The molecule has 3 aromatic rings. The number of nitrogens with one attached hydrogen (secondary N) is 1. The number of aromatic nitrogens is 4. The van der Waals surface area contributed by atoms with Crippen LogP contribution in [0.3, 0.4) is 0 Å². The summed E-state index contributed by atoms with van der Waals surface area (Å²) in [4.78, 5) is 11.3. The average molecular weight is 393 g/mol. The molecule has 4 N–H and O–H groups in total. The molecule has 1 aliphatic rings. The third kappa shape index (κ3) is 3.01. The second-order valence-electron chi connectivity index (χ2n) is 6.61. The van der Waals surface area contributed by atoms with E-state index in [-0.39, 0.29) is 6.61 Å². The SMILES string of the molecule is NC1(CO)CCN(c2cnc3c(-c4cccc(Cl)c4Cl)[nH]nc3n2)CC1. The van der Waals surface area contributed by atoms with Crippen molar-refractivity contribution in [1.82, 2.24) is 20.2 Å². The zero-order chi connectivity index (χ0) is 18.3. The van der Waals surface area contributed by atoms with Gasteiger partial charge in [0, 0.05) is 24.2 Å². The van der Waals surface area contributed by atoms with Crippen LogP contribution >= 0.6 is 23.2 Å². The molecular weight excluding hydrogens is 375 g/mol. The molecule has 0 saturated carbocycles. The molecule has 7 nitrogen and oxygen atoms in total. The van der Waals surface area contributed by atoms with Gasteiger partial charge in [0.25, 0.3) is 0 Å². The third-order valence-electron chi connectivity index (χ3n) is 4.87. The molecule has 1 fully saturated rings. The zero-order valence-corrected chi connectivity index (χ0v) is 15.4. The maximum atomic E-state index is 9.40. The van der Waals surface area contributed by atoms with E-state index in [0.717, 1.165) is 11.4 Å². The number of aromatic amines is 1. The van der Waals surface area contributed by atoms with Gasteiger partial charge in [0.2, 0.25) is 5.65 Å². The molecule has 1 aliphatic heterocycles. The van der Waals surface area contributed by atoms with Gasteiger partial charge in [0.05, 0.1) is 28.5 Å². The van der Waals surface area contributed by atoms with Gasteiger partial charge in [-0.2, -0.15) is 5.10 Å². The van der Waals surface area contributed by atoms with Gasteiger partial charge in [-0.1, -0.05) is 35.3 Å². The highest BCUT2D eigenvalue weighted by atomic mass is 35.5. The van der Waals surface area contributed by atoms with Crippen LogP contribution in [0.1, 0.15) is 12.8 Å². The summed E-state index contributed by atoms with van der Waals surface area (Å²) >= 11 is 12.4. The lowest BCUT2D eigenvalue weighted by molar-refractivity contribution is 0.170. The molecule has 4 rings (SSSR count). The molecule has 9 heteroatoms. The Labute approximate surface area is 160 Å². The van der Waals surface area contributed by atoms with Gasteiger partial charge in [-0.15, -0.1) is 0 Å². The third-order valence-corrected chi connectivity index (χ3v) is 5.69. The number of halogens is 2. The molecule has 3 heterocycles. The highest BCUT2D eigenvalue weighted by molar-refractivity contribution is 6.43. The Morgan fingerprint density at radius 2 is 2.04 bits per heavy atom. The number of hydrogen-bond acceptors (Lipinski definition) is 6. The molecule has 0 aliphatic carbocycles. The summed E-state index contributed by atoms with van der Waals surface area (Å²) in [7, 11) is 0. The molecular formula is C17H18Cl2N6O. The molecule has 0 bridgehead atoms. The minimum absolute atomic E-state index is 0.00528. The number of H-pyrrole nitrogens is 1. The Balaban J connectivity index is 1.65. The number of fused-ring (bicyclic) bond motifs is 1. The van der Waals surface area contributed by atoms with Crippen molar-refractivity contribution < 1.29 is 5.11 Å². The molecule has 2 aromatic heterocycles. The molecule has 136 valence electrons. The number of rotatable bonds is 3. The quantitative estimate of drug-likeness (QED) is 0.632. The fourth-order valence-electron chi connectivity index (χ4n) is 3.16. The molecule has 0 atom stereocenters. The Morgan fingerprint density at radius 1 is 1.27 bits per heavy atom. The van der Waals surface area contributed by atoms with Gasteiger partial charge in [-0.25, -0.2) is 9.97 Å². The molecule has 0 radical (unpaired) electrons. The van der Waals surface area contributed by atoms with Crippen molar-refractivity contribution in [3.8, 4) is 11.3 Å². The predicted molar refractivity (Wildman–Crippen MR) is 103 cm³/mol. The lowest BCUT2D eigenvalue weighted by atomic mass is 9.90. The van der Waals surface area contributed by atoms with E-state index in [0.29, 0.717) is 52.8 Å². The fraction of sp³-hybridized carbons (Fsp3) is 0.353. The average Bonchev–Trinajstić information content (AvgIpc) is 3.07. The second kappa shape index (κ2) is 6.66. The standard InChI is InChI=1S/C17H18Cl2N6O/c18-11-3-1-2-10(13(11)19)14-15-16(24-23-14)22-12(8-21-15)25-6-4-17(20,9-26)5-7-25/h1-3,8,26H,4-7,9,20H2,(H,22,23,24). The van der Waals surface area contributed by atoms with E-state index in [2.05, 4.69) is 25.1 Å². The maximum absolute atomic E-state index is 9.40. The van der Waals surface area contributed by atoms with Crippen LogP contribution in [0, 0.1) is 0 Å². The predicted octanol–water partition coefficient (Wildman–Crippen LogP) is 2.62. The largest absolute Gasteiger partial charge is 0.394 e. The molecule has 0 unspecified atom stereocenters. The van der Waals surface area contributed by atoms with Crippen LogP contribution in [0.4, 0.5) is 5.82 Å². The van der Waals surface area contributed by atoms with Crippen molar-refractivity contribution in [2.75, 3.05) is 24.6 Å². The first-order chi connectivity index (χ1) is 12.5. The summed E-state index contributed by atoms with van der Waals surface area (Å²) in [6.45, 7) is 1.43. The van der Waals surface area contributed by atoms with Crippen LogP contribution < -0.4 is 10.6 Å². The first-order valence-corrected chi connectivity index (χ1v) is 9.06. The van der Waals surface area contributed by atoms with Gasteiger partial charge in [-0.3, -0.25) is 5.10 Å². The summed E-state index contributed by atoms with van der Waals surface area (Å²) in [5, 5.41) is 17.6. The topological polar surface area (TPSA) is 104 Å². The van der Waals surface area contributed by atoms with E-state index < -0.39 is 5.54 Å². The monoisotopic (exact) mass is 392 g/mol. The number of hydrogen-bond donors (Lipinski definition) is 3. The van der Waals surface area contributed by atoms with Gasteiger partial charge < -0.3 is 15.7 Å². The van der Waals surface area contributed by atoms with E-state index in [9.17, 15) is 5.11 Å². The molecule has 26 heavy (non-hydrogen) atoms. The van der Waals surface area contributed by atoms with Crippen molar-refractivity contribution in [1.29, 1.82) is 0 Å². The van der Waals surface area contributed by atoms with E-state index in [1.54, 1.807) is 12.3 Å². The van der Waals surface area contributed by atoms with Crippen molar-refractivity contribution in [2.45, 2.75) is 18.4 Å². The van der Waals surface area contributed by atoms with Crippen molar-refractivity contribution in [3.63, 3.8) is 0 Å². The minimum atomic E-state index is -0.503. The number of piperidine rings is 1. The summed E-state index contributed by atoms with van der Waals surface area (Å²) in [6, 6.07) is 5.42. The van der Waals surface area contributed by atoms with Crippen molar-refractivity contribution in [2.24, 2.45) is 5.73 Å². The summed E-state index contributed by atoms with van der Waals surface area (Å²) in [6.07, 6.45) is 3.13. The first-order valence-electron chi connectivity index (χ1n) is 8.31. The summed E-state index contributed by atoms with van der Waals surface area (Å²) < 4.78 is 0. The van der Waals surface area contributed by atoms with Crippen molar-refractivity contribution >= 4 is 40.2 Å². The Kier molecular flexibility index (Phi) is 4.48. The number of nitrogens with zero attached hydrogens (tertiary/aromatic N) is 4. The number of benzene rings is 1. The van der Waals surface area contributed by atoms with Gasteiger partial charge in [0.1, 0.15) is 11.3 Å². The lowest BCUT2D eigenvalue weighted by Crippen LogP contribution is -2.53. The maximum Gasteiger partial charge on any atom is 0.202 e. The Hall–Kier alpha value is -1.93. The normalized spacial score (nSPS) is 17.0. The first kappa shape index (κ1) is 17.5. The van der Waals surface area contributed by atoms with Crippen LogP contribution in [0.15, 0.2) is 24.4 Å².